The molecule has 2 atom stereocenters. The zero-order valence-electron chi connectivity index (χ0n) is 13.3. The Hall–Kier alpha value is -0.380. The molecule has 2 nitrogen and oxygen atoms in total. The number of rotatable bonds is 8. The minimum Gasteiger partial charge on any atom is -0.378 e. The first-order valence-electron chi connectivity index (χ1n) is 8.23. The highest BCUT2D eigenvalue weighted by Crippen LogP contribution is 2.22. The first-order chi connectivity index (χ1) is 10.1. The van der Waals surface area contributed by atoms with E-state index >= 15 is 0 Å². The molecule has 21 heavy (non-hydrogen) atoms. The summed E-state index contributed by atoms with van der Waals surface area (Å²) in [5, 5.41) is 3.60. The van der Waals surface area contributed by atoms with Crippen LogP contribution in [0.1, 0.15) is 45.1 Å². The van der Waals surface area contributed by atoms with E-state index in [0.29, 0.717) is 18.1 Å². The number of ether oxygens (including phenoxy) is 1. The highest BCUT2D eigenvalue weighted by Gasteiger charge is 2.18. The molecule has 0 radical (unpaired) electrons. The van der Waals surface area contributed by atoms with Gasteiger partial charge < -0.3 is 10.1 Å². The molecule has 118 valence electrons. The Bertz CT molecular complexity index is 415. The maximum absolute atomic E-state index is 5.77. The summed E-state index contributed by atoms with van der Waals surface area (Å²) < 4.78 is 6.95. The van der Waals surface area contributed by atoms with Crippen LogP contribution in [0.15, 0.2) is 28.7 Å². The van der Waals surface area contributed by atoms with Crippen LogP contribution in [0.4, 0.5) is 0 Å². The zero-order chi connectivity index (χ0) is 15.1. The predicted molar refractivity (Wildman–Crippen MR) is 92.7 cm³/mol. The summed E-state index contributed by atoms with van der Waals surface area (Å²) in [6.07, 6.45) is 6.60. The average Bonchev–Trinajstić information content (AvgIpc) is 2.95. The van der Waals surface area contributed by atoms with E-state index in [1.165, 1.54) is 35.7 Å². The van der Waals surface area contributed by atoms with E-state index in [2.05, 4.69) is 59.4 Å². The third-order valence-corrected chi connectivity index (χ3v) is 4.64. The summed E-state index contributed by atoms with van der Waals surface area (Å²) in [7, 11) is 0. The summed E-state index contributed by atoms with van der Waals surface area (Å²) in [4.78, 5) is 0. The van der Waals surface area contributed by atoms with Crippen molar-refractivity contribution in [1.82, 2.24) is 5.32 Å². The third-order valence-electron chi connectivity index (χ3n) is 4.15. The van der Waals surface area contributed by atoms with Crippen molar-refractivity contribution in [3.05, 3.63) is 34.3 Å². The van der Waals surface area contributed by atoms with Gasteiger partial charge in [-0.15, -0.1) is 0 Å². The molecule has 2 unspecified atom stereocenters. The fourth-order valence-corrected chi connectivity index (χ4v) is 3.42. The molecular weight excluding hydrogens is 326 g/mol. The Labute approximate surface area is 137 Å². The van der Waals surface area contributed by atoms with Gasteiger partial charge in [0, 0.05) is 17.1 Å². The zero-order valence-corrected chi connectivity index (χ0v) is 14.9. The largest absolute Gasteiger partial charge is 0.378 e. The Morgan fingerprint density at radius 2 is 2.24 bits per heavy atom. The fraction of sp³-hybridized carbons (Fsp3) is 0.667. The number of nitrogens with one attached hydrogen (secondary N) is 1. The Kier molecular flexibility index (Phi) is 7.21. The first kappa shape index (κ1) is 17.0. The number of halogens is 1. The lowest BCUT2D eigenvalue weighted by molar-refractivity contribution is 0.0978. The van der Waals surface area contributed by atoms with Gasteiger partial charge in [-0.25, -0.2) is 0 Å². The van der Waals surface area contributed by atoms with Crippen LogP contribution < -0.4 is 5.32 Å². The molecule has 1 aromatic rings. The lowest BCUT2D eigenvalue weighted by Gasteiger charge is -2.21. The van der Waals surface area contributed by atoms with E-state index in [0.717, 1.165) is 19.6 Å². The van der Waals surface area contributed by atoms with Crippen LogP contribution in [0, 0.1) is 5.92 Å². The molecule has 1 aromatic carbocycles. The van der Waals surface area contributed by atoms with Crippen LogP contribution in [0.2, 0.25) is 0 Å². The molecule has 1 fully saturated rings. The molecule has 1 N–H and O–H groups in total. The molecular formula is C18H28BrNO. The molecule has 0 aromatic heterocycles. The summed E-state index contributed by atoms with van der Waals surface area (Å²) in [5.41, 5.74) is 1.42. The van der Waals surface area contributed by atoms with Crippen LogP contribution in [0.5, 0.6) is 0 Å². The van der Waals surface area contributed by atoms with Gasteiger partial charge in [0.15, 0.2) is 0 Å². The predicted octanol–water partition coefficient (Wildman–Crippen LogP) is 4.57. The van der Waals surface area contributed by atoms with Gasteiger partial charge in [0.05, 0.1) is 6.10 Å². The molecule has 2 rings (SSSR count). The Balaban J connectivity index is 1.87. The van der Waals surface area contributed by atoms with Crippen LogP contribution in [0.25, 0.3) is 0 Å². The van der Waals surface area contributed by atoms with E-state index in [1.807, 2.05) is 0 Å². The molecule has 1 aliphatic rings. The van der Waals surface area contributed by atoms with Gasteiger partial charge >= 0.3 is 0 Å². The van der Waals surface area contributed by atoms with Crippen molar-refractivity contribution >= 4 is 15.9 Å². The minimum absolute atomic E-state index is 0.508. The number of hydrogen-bond acceptors (Lipinski definition) is 2. The van der Waals surface area contributed by atoms with Crippen molar-refractivity contribution in [3.8, 4) is 0 Å². The van der Waals surface area contributed by atoms with Crippen molar-refractivity contribution in [2.75, 3.05) is 13.2 Å². The molecule has 0 aliphatic carbocycles. The van der Waals surface area contributed by atoms with E-state index in [9.17, 15) is 0 Å². The van der Waals surface area contributed by atoms with E-state index < -0.39 is 0 Å². The van der Waals surface area contributed by atoms with E-state index in [1.54, 1.807) is 0 Å². The van der Waals surface area contributed by atoms with Crippen molar-refractivity contribution < 1.29 is 4.74 Å². The maximum Gasteiger partial charge on any atom is 0.0576 e. The van der Waals surface area contributed by atoms with Gasteiger partial charge in [0.25, 0.3) is 0 Å². The van der Waals surface area contributed by atoms with Gasteiger partial charge in [-0.05, 0) is 62.3 Å². The van der Waals surface area contributed by atoms with Gasteiger partial charge in [-0.2, -0.15) is 0 Å². The van der Waals surface area contributed by atoms with Crippen LogP contribution in [-0.4, -0.2) is 25.3 Å². The highest BCUT2D eigenvalue weighted by molar-refractivity contribution is 9.10. The van der Waals surface area contributed by atoms with E-state index in [-0.39, 0.29) is 0 Å². The quantitative estimate of drug-likeness (QED) is 0.739. The second-order valence-corrected chi connectivity index (χ2v) is 7.39. The molecule has 0 saturated carbocycles. The lowest BCUT2D eigenvalue weighted by Crippen LogP contribution is -2.30. The summed E-state index contributed by atoms with van der Waals surface area (Å²) in [6.45, 7) is 6.49. The van der Waals surface area contributed by atoms with E-state index in [4.69, 9.17) is 4.74 Å². The van der Waals surface area contributed by atoms with Crippen LogP contribution >= 0.6 is 15.9 Å². The second kappa shape index (κ2) is 8.92. The molecule has 1 saturated heterocycles. The van der Waals surface area contributed by atoms with Crippen molar-refractivity contribution in [2.45, 2.75) is 58.1 Å². The summed E-state index contributed by atoms with van der Waals surface area (Å²) in [6, 6.07) is 9.26. The second-order valence-electron chi connectivity index (χ2n) is 6.48. The summed E-state index contributed by atoms with van der Waals surface area (Å²) >= 11 is 3.57. The van der Waals surface area contributed by atoms with Crippen LogP contribution in [-0.2, 0) is 11.2 Å². The van der Waals surface area contributed by atoms with Crippen molar-refractivity contribution in [2.24, 2.45) is 5.92 Å². The van der Waals surface area contributed by atoms with Gasteiger partial charge in [-0.3, -0.25) is 0 Å². The summed E-state index contributed by atoms with van der Waals surface area (Å²) in [5.74, 6) is 0.686. The molecule has 0 spiro atoms. The molecule has 3 heteroatoms. The number of hydrogen-bond donors (Lipinski definition) is 1. The molecule has 1 aliphatic heterocycles. The minimum atomic E-state index is 0.508. The molecule has 0 amide bonds. The van der Waals surface area contributed by atoms with Gasteiger partial charge in [0.2, 0.25) is 0 Å². The number of benzene rings is 1. The van der Waals surface area contributed by atoms with Crippen molar-refractivity contribution in [1.29, 1.82) is 0 Å². The van der Waals surface area contributed by atoms with Gasteiger partial charge in [0.1, 0.15) is 0 Å². The van der Waals surface area contributed by atoms with Gasteiger partial charge in [-0.1, -0.05) is 41.9 Å². The lowest BCUT2D eigenvalue weighted by atomic mass is 9.92. The normalized spacial score (nSPS) is 20.1. The third kappa shape index (κ3) is 6.50. The monoisotopic (exact) mass is 353 g/mol. The first-order valence-corrected chi connectivity index (χ1v) is 9.02. The maximum atomic E-state index is 5.77. The standard InChI is InChI=1S/C18H28BrNO/c1-14(2)20-13-16(8-9-18-7-4-10-21-18)11-15-5-3-6-17(19)12-15/h3,5-6,12,14,16,18,20H,4,7-11,13H2,1-2H3. The highest BCUT2D eigenvalue weighted by atomic mass is 79.9. The average molecular weight is 354 g/mol. The molecule has 0 bridgehead atoms. The smallest absolute Gasteiger partial charge is 0.0576 e. The fourth-order valence-electron chi connectivity index (χ4n) is 2.97. The Morgan fingerprint density at radius 1 is 1.38 bits per heavy atom. The topological polar surface area (TPSA) is 21.3 Å². The van der Waals surface area contributed by atoms with Crippen molar-refractivity contribution in [3.63, 3.8) is 0 Å². The molecule has 1 heterocycles. The Morgan fingerprint density at radius 3 is 2.90 bits per heavy atom. The van der Waals surface area contributed by atoms with Crippen LogP contribution in [0.3, 0.4) is 0 Å². The SMILES string of the molecule is CC(C)NCC(CCC1CCCO1)Cc1cccc(Br)c1.